The number of thiocarbonyl (C=S) groups is 1. The number of phenolic OH excluding ortho intramolecular Hbond substituents is 1. The predicted octanol–water partition coefficient (Wildman–Crippen LogP) is 5.62. The van der Waals surface area contributed by atoms with Crippen molar-refractivity contribution in [3.05, 3.63) is 34.2 Å². The molecule has 0 aliphatic heterocycles. The molecule has 0 heterocycles. The molecule has 0 saturated carbocycles. The third kappa shape index (κ3) is 6.13. The molecular formula is C21H34N2O2S2. The molecule has 27 heavy (non-hydrogen) atoms. The molecule has 0 fully saturated rings. The van der Waals surface area contributed by atoms with Crippen LogP contribution < -0.4 is 5.48 Å². The molecule has 0 atom stereocenters. The van der Waals surface area contributed by atoms with E-state index < -0.39 is 0 Å². The zero-order chi connectivity index (χ0) is 21.0. The van der Waals surface area contributed by atoms with Gasteiger partial charge in [-0.05, 0) is 36.8 Å². The lowest BCUT2D eigenvalue weighted by molar-refractivity contribution is 0.225. The van der Waals surface area contributed by atoms with Gasteiger partial charge in [-0.1, -0.05) is 65.5 Å². The molecular weight excluding hydrogens is 376 g/mol. The van der Waals surface area contributed by atoms with Gasteiger partial charge in [-0.25, -0.2) is 0 Å². The normalized spacial score (nSPS) is 12.9. The molecule has 0 radical (unpaired) electrons. The van der Waals surface area contributed by atoms with E-state index >= 15 is 0 Å². The molecule has 3 N–H and O–H groups in total. The number of thioether (sulfide) groups is 1. The number of nitrogens with zero attached hydrogens (tertiary/aromatic N) is 1. The van der Waals surface area contributed by atoms with E-state index in [0.29, 0.717) is 11.4 Å². The molecule has 0 saturated heterocycles. The highest BCUT2D eigenvalue weighted by Crippen LogP contribution is 2.41. The number of aromatic hydroxyl groups is 1. The van der Waals surface area contributed by atoms with Crippen LogP contribution in [0.15, 0.2) is 17.5 Å². The second-order valence-corrected chi connectivity index (χ2v) is 10.1. The highest BCUT2D eigenvalue weighted by molar-refractivity contribution is 8.24. The van der Waals surface area contributed by atoms with Crippen LogP contribution in [0, 0.1) is 0 Å². The van der Waals surface area contributed by atoms with Crippen LogP contribution in [0.1, 0.15) is 72.1 Å². The Bertz CT molecular complexity index is 662. The molecule has 0 aromatic heterocycles. The van der Waals surface area contributed by atoms with Gasteiger partial charge in [-0.3, -0.25) is 10.7 Å². The first-order valence-electron chi connectivity index (χ1n) is 9.30. The number of hydroxylamine groups is 1. The van der Waals surface area contributed by atoms with E-state index in [9.17, 15) is 10.3 Å². The van der Waals surface area contributed by atoms with Gasteiger partial charge in [0.05, 0.1) is 5.70 Å². The lowest BCUT2D eigenvalue weighted by Crippen LogP contribution is -2.26. The fourth-order valence-electron chi connectivity index (χ4n) is 2.76. The molecule has 1 aromatic rings. The van der Waals surface area contributed by atoms with Crippen LogP contribution in [-0.2, 0) is 10.8 Å². The van der Waals surface area contributed by atoms with E-state index in [1.54, 1.807) is 0 Å². The van der Waals surface area contributed by atoms with Gasteiger partial charge in [-0.15, -0.1) is 0 Å². The molecule has 152 valence electrons. The Morgan fingerprint density at radius 2 is 1.52 bits per heavy atom. The Labute approximate surface area is 174 Å². The molecule has 6 heteroatoms. The van der Waals surface area contributed by atoms with Gasteiger partial charge in [-0.2, -0.15) is 0 Å². The minimum absolute atomic E-state index is 0.232. The lowest BCUT2D eigenvalue weighted by atomic mass is 9.78. The van der Waals surface area contributed by atoms with Crippen molar-refractivity contribution in [2.75, 3.05) is 13.1 Å². The van der Waals surface area contributed by atoms with Gasteiger partial charge in [0.2, 0.25) is 0 Å². The van der Waals surface area contributed by atoms with Gasteiger partial charge in [0.1, 0.15) is 10.1 Å². The quantitative estimate of drug-likeness (QED) is 0.432. The monoisotopic (exact) mass is 410 g/mol. The Kier molecular flexibility index (Phi) is 8.20. The second-order valence-electron chi connectivity index (χ2n) is 8.62. The van der Waals surface area contributed by atoms with E-state index in [1.807, 2.05) is 17.5 Å². The van der Waals surface area contributed by atoms with Crippen LogP contribution in [0.5, 0.6) is 5.75 Å². The van der Waals surface area contributed by atoms with Crippen molar-refractivity contribution in [3.63, 3.8) is 0 Å². The molecule has 0 amide bonds. The first-order valence-corrected chi connectivity index (χ1v) is 10.6. The summed E-state index contributed by atoms with van der Waals surface area (Å²) in [6.45, 7) is 18.2. The Morgan fingerprint density at radius 3 is 1.85 bits per heavy atom. The minimum atomic E-state index is -0.232. The standard InChI is InChI=1S/C21H34N2O2S2/c1-9-23(10-2)19(26)27-13-17(22-25)14-11-15(20(3,4)5)18(24)16(12-14)21(6,7)8/h11-13,22,24-25H,9-10H2,1-8H3/b17-13+. The third-order valence-electron chi connectivity index (χ3n) is 4.46. The van der Waals surface area contributed by atoms with E-state index in [2.05, 4.69) is 65.8 Å². The number of phenols is 1. The summed E-state index contributed by atoms with van der Waals surface area (Å²) in [4.78, 5) is 2.09. The van der Waals surface area contributed by atoms with E-state index in [4.69, 9.17) is 12.2 Å². The highest BCUT2D eigenvalue weighted by Gasteiger charge is 2.27. The molecule has 0 aliphatic carbocycles. The molecule has 0 aliphatic rings. The zero-order valence-electron chi connectivity index (χ0n) is 17.8. The van der Waals surface area contributed by atoms with E-state index in [-0.39, 0.29) is 10.8 Å². The summed E-state index contributed by atoms with van der Waals surface area (Å²) < 4.78 is 0.763. The van der Waals surface area contributed by atoms with E-state index in [1.165, 1.54) is 11.8 Å². The van der Waals surface area contributed by atoms with Crippen molar-refractivity contribution in [2.45, 2.75) is 66.2 Å². The first kappa shape index (κ1) is 23.8. The smallest absolute Gasteiger partial charge is 0.140 e. The fraction of sp³-hybridized carbons (Fsp3) is 0.571. The fourth-order valence-corrected chi connectivity index (χ4v) is 3.98. The summed E-state index contributed by atoms with van der Waals surface area (Å²) in [5, 5.41) is 22.4. The number of rotatable bonds is 5. The van der Waals surface area contributed by atoms with Gasteiger partial charge < -0.3 is 10.0 Å². The topological polar surface area (TPSA) is 55.7 Å². The summed E-state index contributed by atoms with van der Waals surface area (Å²) >= 11 is 6.88. The lowest BCUT2D eigenvalue weighted by Gasteiger charge is -2.28. The van der Waals surface area contributed by atoms with Crippen LogP contribution in [-0.4, -0.2) is 32.6 Å². The van der Waals surface area contributed by atoms with Gasteiger partial charge in [0, 0.05) is 35.2 Å². The number of hydrogen-bond donors (Lipinski definition) is 3. The molecule has 0 bridgehead atoms. The highest BCUT2D eigenvalue weighted by atomic mass is 32.2. The Balaban J connectivity index is 3.45. The van der Waals surface area contributed by atoms with Crippen molar-refractivity contribution in [1.82, 2.24) is 10.4 Å². The van der Waals surface area contributed by atoms with Crippen molar-refractivity contribution in [2.24, 2.45) is 0 Å². The van der Waals surface area contributed by atoms with Gasteiger partial charge in [0.15, 0.2) is 0 Å². The summed E-state index contributed by atoms with van der Waals surface area (Å²) in [7, 11) is 0. The van der Waals surface area contributed by atoms with Crippen molar-refractivity contribution < 1.29 is 10.3 Å². The SMILES string of the molecule is CCN(CC)C(=S)S/C=C(/NO)c1cc(C(C)(C)C)c(O)c(C(C)(C)C)c1. The van der Waals surface area contributed by atoms with Crippen LogP contribution in [0.4, 0.5) is 0 Å². The molecule has 0 spiro atoms. The predicted molar refractivity (Wildman–Crippen MR) is 122 cm³/mol. The van der Waals surface area contributed by atoms with Crippen LogP contribution in [0.3, 0.4) is 0 Å². The zero-order valence-corrected chi connectivity index (χ0v) is 19.4. The Hall–Kier alpha value is -1.24. The summed E-state index contributed by atoms with van der Waals surface area (Å²) in [5.41, 5.74) is 4.92. The minimum Gasteiger partial charge on any atom is -0.507 e. The van der Waals surface area contributed by atoms with Gasteiger partial charge >= 0.3 is 0 Å². The Morgan fingerprint density at radius 1 is 1.07 bits per heavy atom. The van der Waals surface area contributed by atoms with Crippen molar-refractivity contribution >= 4 is 34.0 Å². The second kappa shape index (κ2) is 9.30. The molecule has 4 nitrogen and oxygen atoms in total. The van der Waals surface area contributed by atoms with Crippen molar-refractivity contribution in [3.8, 4) is 5.75 Å². The van der Waals surface area contributed by atoms with Crippen LogP contribution >= 0.6 is 24.0 Å². The average Bonchev–Trinajstić information content (AvgIpc) is 2.55. The van der Waals surface area contributed by atoms with Crippen LogP contribution in [0.25, 0.3) is 5.70 Å². The summed E-state index contributed by atoms with van der Waals surface area (Å²) in [5.74, 6) is 0.322. The van der Waals surface area contributed by atoms with E-state index in [0.717, 1.165) is 34.1 Å². The summed E-state index contributed by atoms with van der Waals surface area (Å²) in [6, 6.07) is 3.86. The summed E-state index contributed by atoms with van der Waals surface area (Å²) in [6.07, 6.45) is 0. The molecule has 1 aromatic carbocycles. The molecule has 0 unspecified atom stereocenters. The maximum atomic E-state index is 10.9. The first-order chi connectivity index (χ1) is 12.4. The largest absolute Gasteiger partial charge is 0.507 e. The van der Waals surface area contributed by atoms with Crippen LogP contribution in [0.2, 0.25) is 0 Å². The maximum absolute atomic E-state index is 10.9. The number of benzene rings is 1. The third-order valence-corrected chi connectivity index (χ3v) is 5.82. The molecule has 1 rings (SSSR count). The van der Waals surface area contributed by atoms with Crippen molar-refractivity contribution in [1.29, 1.82) is 0 Å². The number of nitrogens with one attached hydrogen (secondary N) is 1. The maximum Gasteiger partial charge on any atom is 0.140 e. The average molecular weight is 411 g/mol. The number of hydrogen-bond acceptors (Lipinski definition) is 5. The van der Waals surface area contributed by atoms with Gasteiger partial charge in [0.25, 0.3) is 0 Å².